The van der Waals surface area contributed by atoms with E-state index in [0.29, 0.717) is 39.2 Å². The Labute approximate surface area is 218 Å². The smallest absolute Gasteiger partial charge is 0.256 e. The third kappa shape index (κ3) is 5.91. The fourth-order valence-corrected chi connectivity index (χ4v) is 5.87. The van der Waals surface area contributed by atoms with Gasteiger partial charge >= 0.3 is 0 Å². The molecule has 2 aliphatic heterocycles. The molecule has 2 fully saturated rings. The molecule has 35 heavy (non-hydrogen) atoms. The van der Waals surface area contributed by atoms with Crippen molar-refractivity contribution in [1.82, 2.24) is 9.80 Å². The lowest BCUT2D eigenvalue weighted by Crippen LogP contribution is -2.51. The maximum absolute atomic E-state index is 13.3. The Kier molecular flexibility index (Phi) is 8.53. The zero-order valence-electron chi connectivity index (χ0n) is 20.3. The van der Waals surface area contributed by atoms with Crippen LogP contribution < -0.4 is 5.73 Å². The molecule has 2 aromatic rings. The molecule has 2 unspecified atom stereocenters. The summed E-state index contributed by atoms with van der Waals surface area (Å²) in [6.07, 6.45) is 5.57. The van der Waals surface area contributed by atoms with Crippen LogP contribution in [0.5, 0.6) is 0 Å². The number of hydrogen-bond donors (Lipinski definition) is 1. The Hall–Kier alpha value is -2.34. The fourth-order valence-electron chi connectivity index (χ4n) is 5.55. The summed E-state index contributed by atoms with van der Waals surface area (Å²) in [6.45, 7) is 9.65. The van der Waals surface area contributed by atoms with Gasteiger partial charge in [-0.25, -0.2) is 0 Å². The van der Waals surface area contributed by atoms with E-state index in [1.165, 1.54) is 18.2 Å². The normalized spacial score (nSPS) is 22.3. The van der Waals surface area contributed by atoms with Crippen LogP contribution in [0.1, 0.15) is 37.3 Å². The highest BCUT2D eigenvalue weighted by Crippen LogP contribution is 2.33. The minimum atomic E-state index is -0.0317. The van der Waals surface area contributed by atoms with Gasteiger partial charge in [-0.3, -0.25) is 14.7 Å². The van der Waals surface area contributed by atoms with Gasteiger partial charge in [0.25, 0.3) is 5.91 Å². The van der Waals surface area contributed by atoms with E-state index in [2.05, 4.69) is 29.6 Å². The Balaban J connectivity index is 1.31. The van der Waals surface area contributed by atoms with Gasteiger partial charge in [0, 0.05) is 37.4 Å². The first-order valence-corrected chi connectivity index (χ1v) is 13.1. The summed E-state index contributed by atoms with van der Waals surface area (Å²) in [7, 11) is 0. The number of benzene rings is 2. The van der Waals surface area contributed by atoms with Crippen LogP contribution in [0.2, 0.25) is 10.0 Å². The largest absolute Gasteiger partial charge is 0.404 e. The Bertz CT molecular complexity index is 1090. The van der Waals surface area contributed by atoms with Crippen molar-refractivity contribution in [2.75, 3.05) is 26.2 Å². The van der Waals surface area contributed by atoms with Gasteiger partial charge in [0.15, 0.2) is 0 Å². The predicted octanol–water partition coefficient (Wildman–Crippen LogP) is 5.82. The molecule has 0 radical (unpaired) electrons. The number of carbonyl (C=O) groups is 1. The molecule has 186 valence electrons. The summed E-state index contributed by atoms with van der Waals surface area (Å²) in [6, 6.07) is 14.0. The maximum Gasteiger partial charge on any atom is 0.256 e. The summed E-state index contributed by atoms with van der Waals surface area (Å²) in [5.74, 6) is 1.21. The number of rotatable bonds is 6. The Morgan fingerprint density at radius 1 is 1.11 bits per heavy atom. The van der Waals surface area contributed by atoms with Crippen molar-refractivity contribution < 1.29 is 4.79 Å². The highest BCUT2D eigenvalue weighted by atomic mass is 35.5. The Morgan fingerprint density at radius 2 is 1.86 bits per heavy atom. The minimum absolute atomic E-state index is 0.0317. The lowest BCUT2D eigenvalue weighted by Gasteiger charge is -2.44. The van der Waals surface area contributed by atoms with E-state index < -0.39 is 0 Å². The molecule has 2 N–H and O–H groups in total. The van der Waals surface area contributed by atoms with E-state index in [1.54, 1.807) is 0 Å². The number of nitrogens with zero attached hydrogens (tertiary/aromatic N) is 3. The second kappa shape index (κ2) is 11.6. The summed E-state index contributed by atoms with van der Waals surface area (Å²) >= 11 is 12.3. The number of nitrogens with two attached hydrogens (primary N) is 1. The molecule has 0 aromatic heterocycles. The van der Waals surface area contributed by atoms with E-state index in [1.807, 2.05) is 41.3 Å². The molecule has 0 bridgehead atoms. The number of hydrogen-bond acceptors (Lipinski definition) is 4. The molecule has 0 saturated carbocycles. The molecule has 2 heterocycles. The molecule has 2 saturated heterocycles. The zero-order chi connectivity index (χ0) is 24.9. The summed E-state index contributed by atoms with van der Waals surface area (Å²) in [4.78, 5) is 21.9. The summed E-state index contributed by atoms with van der Waals surface area (Å²) in [5.41, 5.74) is 9.04. The molecular weight excluding hydrogens is 479 g/mol. The second-order valence-corrected chi connectivity index (χ2v) is 10.6. The quantitative estimate of drug-likeness (QED) is 0.391. The highest BCUT2D eigenvalue weighted by molar-refractivity contribution is 6.42. The van der Waals surface area contributed by atoms with E-state index in [9.17, 15) is 4.79 Å². The van der Waals surface area contributed by atoms with Gasteiger partial charge in [0.1, 0.15) is 0 Å². The lowest BCUT2D eigenvalue weighted by molar-refractivity contribution is -0.126. The lowest BCUT2D eigenvalue weighted by atomic mass is 9.81. The first kappa shape index (κ1) is 25.7. The molecule has 1 amide bonds. The molecule has 4 rings (SSSR count). The highest BCUT2D eigenvalue weighted by Gasteiger charge is 2.33. The van der Waals surface area contributed by atoms with Gasteiger partial charge in [0.2, 0.25) is 0 Å². The van der Waals surface area contributed by atoms with Crippen LogP contribution in [0.4, 0.5) is 5.69 Å². The number of para-hydroxylation sites is 1. The fraction of sp³-hybridized carbons (Fsp3) is 0.429. The van der Waals surface area contributed by atoms with Gasteiger partial charge in [-0.05, 0) is 74.5 Å². The first-order valence-electron chi connectivity index (χ1n) is 12.4. The van der Waals surface area contributed by atoms with Crippen molar-refractivity contribution >= 4 is 47.1 Å². The number of likely N-dealkylation sites (tertiary alicyclic amines) is 2. The van der Waals surface area contributed by atoms with Crippen molar-refractivity contribution in [1.29, 1.82) is 0 Å². The van der Waals surface area contributed by atoms with Gasteiger partial charge < -0.3 is 10.6 Å². The maximum atomic E-state index is 13.3. The average Bonchev–Trinajstić information content (AvgIpc) is 2.88. The molecule has 2 aliphatic rings. The standard InChI is InChI=1S/C28H34Cl2N4O/c1-19-18-34(12-9-21(19)15-20-7-8-25(29)26(30)16-20)22-10-13-33(14-11-22)28(35)24(17-31)23-5-3-4-6-27(23)32-2/h3-8,16-17,19,21-22H,2,9-15,18,31H2,1H3/b24-17+. The molecule has 2 atom stereocenters. The molecule has 5 nitrogen and oxygen atoms in total. The van der Waals surface area contributed by atoms with Gasteiger partial charge in [0.05, 0.1) is 21.3 Å². The number of piperidine rings is 2. The van der Waals surface area contributed by atoms with Crippen LogP contribution in [0.15, 0.2) is 53.7 Å². The number of amides is 1. The van der Waals surface area contributed by atoms with Gasteiger partial charge in [-0.2, -0.15) is 0 Å². The van der Waals surface area contributed by atoms with Crippen molar-refractivity contribution in [2.24, 2.45) is 22.6 Å². The van der Waals surface area contributed by atoms with Crippen molar-refractivity contribution in [2.45, 2.75) is 38.6 Å². The third-order valence-corrected chi connectivity index (χ3v) is 8.36. The SMILES string of the molecule is C=Nc1ccccc1/C(=C\N)C(=O)N1CCC(N2CCC(Cc3ccc(Cl)c(Cl)c3)C(C)C2)CC1. The topological polar surface area (TPSA) is 61.9 Å². The van der Waals surface area contributed by atoms with E-state index >= 15 is 0 Å². The third-order valence-electron chi connectivity index (χ3n) is 7.63. The Morgan fingerprint density at radius 3 is 2.51 bits per heavy atom. The molecule has 0 spiro atoms. The van der Waals surface area contributed by atoms with E-state index in [-0.39, 0.29) is 5.91 Å². The van der Waals surface area contributed by atoms with Crippen molar-refractivity contribution in [3.8, 4) is 0 Å². The predicted molar refractivity (Wildman–Crippen MR) is 146 cm³/mol. The monoisotopic (exact) mass is 512 g/mol. The minimum Gasteiger partial charge on any atom is -0.404 e. The molecule has 7 heteroatoms. The average molecular weight is 514 g/mol. The van der Waals surface area contributed by atoms with Crippen LogP contribution in [-0.4, -0.2) is 54.6 Å². The molecular formula is C28H34Cl2N4O. The first-order chi connectivity index (χ1) is 16.9. The van der Waals surface area contributed by atoms with Crippen molar-refractivity contribution in [3.05, 3.63) is 69.8 Å². The second-order valence-electron chi connectivity index (χ2n) is 9.75. The molecule has 2 aromatic carbocycles. The number of halogens is 2. The zero-order valence-corrected chi connectivity index (χ0v) is 21.8. The van der Waals surface area contributed by atoms with Gasteiger partial charge in [-0.15, -0.1) is 0 Å². The van der Waals surface area contributed by atoms with Crippen molar-refractivity contribution in [3.63, 3.8) is 0 Å². The molecule has 0 aliphatic carbocycles. The van der Waals surface area contributed by atoms with Crippen LogP contribution in [0.25, 0.3) is 5.57 Å². The summed E-state index contributed by atoms with van der Waals surface area (Å²) < 4.78 is 0. The van der Waals surface area contributed by atoms with Crippen LogP contribution in [0.3, 0.4) is 0 Å². The van der Waals surface area contributed by atoms with Crippen LogP contribution in [0, 0.1) is 11.8 Å². The van der Waals surface area contributed by atoms with Gasteiger partial charge in [-0.1, -0.05) is 54.4 Å². The number of aliphatic imine (C=N–C) groups is 1. The van der Waals surface area contributed by atoms with Crippen LogP contribution in [-0.2, 0) is 11.2 Å². The summed E-state index contributed by atoms with van der Waals surface area (Å²) in [5, 5.41) is 1.24. The van der Waals surface area contributed by atoms with Crippen LogP contribution >= 0.6 is 23.2 Å². The van der Waals surface area contributed by atoms with E-state index in [4.69, 9.17) is 28.9 Å². The number of carbonyl (C=O) groups excluding carboxylic acids is 1. The van der Waals surface area contributed by atoms with E-state index in [0.717, 1.165) is 51.0 Å².